The molecule has 0 fully saturated rings. The van der Waals surface area contributed by atoms with Gasteiger partial charge in [0.05, 0.1) is 0 Å². The van der Waals surface area contributed by atoms with Crippen LogP contribution >= 0.6 is 0 Å². The Labute approximate surface area is 279 Å². The standard InChI is InChI=1S/C48H30/c1-2-15-33-29-45-36(27-32(33)14-1)30-46(40-21-6-5-20-39(40)45)48-43-24-9-7-22-41(43)47(42-23-8-10-25-44(42)48)35-18-11-17-34(28-35)38-26-12-16-31-13-3-4-19-37(31)38/h1-30H. The number of fused-ring (bicyclic) bond motifs is 7. The third-order valence-corrected chi connectivity index (χ3v) is 10.2. The molecule has 10 rings (SSSR count). The van der Waals surface area contributed by atoms with Crippen LogP contribution in [0.3, 0.4) is 0 Å². The van der Waals surface area contributed by atoms with Crippen molar-refractivity contribution in [1.29, 1.82) is 0 Å². The molecule has 0 spiro atoms. The maximum atomic E-state index is 2.43. The van der Waals surface area contributed by atoms with Crippen molar-refractivity contribution in [2.75, 3.05) is 0 Å². The second kappa shape index (κ2) is 10.7. The summed E-state index contributed by atoms with van der Waals surface area (Å²) in [6.45, 7) is 0. The fraction of sp³-hybridized carbons (Fsp3) is 0. The highest BCUT2D eigenvalue weighted by Crippen LogP contribution is 2.47. The summed E-state index contributed by atoms with van der Waals surface area (Å²) in [6, 6.07) is 67.2. The lowest BCUT2D eigenvalue weighted by Gasteiger charge is -2.20. The molecule has 0 bridgehead atoms. The number of benzene rings is 10. The molecule has 0 heteroatoms. The molecule has 0 aliphatic rings. The van der Waals surface area contributed by atoms with Crippen LogP contribution in [0.4, 0.5) is 0 Å². The van der Waals surface area contributed by atoms with Crippen molar-refractivity contribution in [1.82, 2.24) is 0 Å². The third-order valence-electron chi connectivity index (χ3n) is 10.2. The van der Waals surface area contributed by atoms with Gasteiger partial charge in [-0.25, -0.2) is 0 Å². The summed E-state index contributed by atoms with van der Waals surface area (Å²) >= 11 is 0. The SMILES string of the molecule is c1cc(-c2cccc3ccccc23)cc(-c2c3ccccc3c(-c3cc4cc5ccccc5cc4c4ccccc34)c3ccccc23)c1. The van der Waals surface area contributed by atoms with E-state index < -0.39 is 0 Å². The van der Waals surface area contributed by atoms with Crippen LogP contribution in [0.5, 0.6) is 0 Å². The summed E-state index contributed by atoms with van der Waals surface area (Å²) in [5.74, 6) is 0. The van der Waals surface area contributed by atoms with Crippen LogP contribution in [0.2, 0.25) is 0 Å². The quantitative estimate of drug-likeness (QED) is 0.139. The van der Waals surface area contributed by atoms with E-state index in [1.807, 2.05) is 0 Å². The highest BCUT2D eigenvalue weighted by atomic mass is 14.2. The predicted molar refractivity (Wildman–Crippen MR) is 208 cm³/mol. The van der Waals surface area contributed by atoms with E-state index in [0.29, 0.717) is 0 Å². The van der Waals surface area contributed by atoms with E-state index in [2.05, 4.69) is 182 Å². The van der Waals surface area contributed by atoms with Gasteiger partial charge in [-0.3, -0.25) is 0 Å². The normalized spacial score (nSPS) is 11.8. The monoisotopic (exact) mass is 606 g/mol. The summed E-state index contributed by atoms with van der Waals surface area (Å²) in [5.41, 5.74) is 7.57. The molecule has 0 aliphatic heterocycles. The van der Waals surface area contributed by atoms with E-state index in [0.717, 1.165) is 0 Å². The van der Waals surface area contributed by atoms with Crippen molar-refractivity contribution >= 4 is 64.6 Å². The Balaban J connectivity index is 1.29. The Morgan fingerprint density at radius 1 is 0.208 bits per heavy atom. The summed E-state index contributed by atoms with van der Waals surface area (Å²) < 4.78 is 0. The minimum atomic E-state index is 1.23. The van der Waals surface area contributed by atoms with Gasteiger partial charge in [0.25, 0.3) is 0 Å². The summed E-state index contributed by atoms with van der Waals surface area (Å²) in [4.78, 5) is 0. The van der Waals surface area contributed by atoms with Gasteiger partial charge in [0.1, 0.15) is 0 Å². The Bertz CT molecular complexity index is 2830. The molecule has 10 aromatic rings. The average molecular weight is 607 g/mol. The first-order valence-electron chi connectivity index (χ1n) is 16.7. The first-order chi connectivity index (χ1) is 23.8. The minimum absolute atomic E-state index is 1.23. The fourth-order valence-electron chi connectivity index (χ4n) is 8.05. The van der Waals surface area contributed by atoms with Crippen LogP contribution < -0.4 is 0 Å². The van der Waals surface area contributed by atoms with E-state index in [1.54, 1.807) is 0 Å². The van der Waals surface area contributed by atoms with Gasteiger partial charge < -0.3 is 0 Å². The van der Waals surface area contributed by atoms with E-state index in [9.17, 15) is 0 Å². The van der Waals surface area contributed by atoms with Crippen molar-refractivity contribution in [3.63, 3.8) is 0 Å². The molecule has 0 unspecified atom stereocenters. The van der Waals surface area contributed by atoms with Gasteiger partial charge in [-0.15, -0.1) is 0 Å². The Kier molecular flexibility index (Phi) is 5.98. The van der Waals surface area contributed by atoms with Gasteiger partial charge in [-0.1, -0.05) is 158 Å². The van der Waals surface area contributed by atoms with Crippen molar-refractivity contribution < 1.29 is 0 Å². The lowest BCUT2D eigenvalue weighted by Crippen LogP contribution is -1.92. The number of hydrogen-bond acceptors (Lipinski definition) is 0. The van der Waals surface area contributed by atoms with Crippen molar-refractivity contribution in [2.24, 2.45) is 0 Å². The molecule has 222 valence electrons. The summed E-state index contributed by atoms with van der Waals surface area (Å²) in [7, 11) is 0. The topological polar surface area (TPSA) is 0 Å². The molecule has 0 saturated carbocycles. The molecule has 0 heterocycles. The second-order valence-corrected chi connectivity index (χ2v) is 12.8. The van der Waals surface area contributed by atoms with E-state index in [-0.39, 0.29) is 0 Å². The third kappa shape index (κ3) is 4.10. The summed E-state index contributed by atoms with van der Waals surface area (Å²) in [6.07, 6.45) is 0. The minimum Gasteiger partial charge on any atom is -0.0616 e. The maximum Gasteiger partial charge on any atom is -0.00199 e. The molecule has 0 saturated heterocycles. The van der Waals surface area contributed by atoms with Crippen LogP contribution in [0.25, 0.3) is 98.0 Å². The van der Waals surface area contributed by atoms with Crippen LogP contribution in [0, 0.1) is 0 Å². The number of rotatable bonds is 3. The summed E-state index contributed by atoms with van der Waals surface area (Å²) in [5, 5.41) is 15.3. The fourth-order valence-corrected chi connectivity index (χ4v) is 8.05. The maximum absolute atomic E-state index is 2.43. The van der Waals surface area contributed by atoms with Crippen molar-refractivity contribution in [3.05, 3.63) is 182 Å². The molecule has 0 radical (unpaired) electrons. The molecule has 0 nitrogen and oxygen atoms in total. The number of hydrogen-bond donors (Lipinski definition) is 0. The van der Waals surface area contributed by atoms with Gasteiger partial charge in [0, 0.05) is 0 Å². The van der Waals surface area contributed by atoms with Crippen LogP contribution in [0.1, 0.15) is 0 Å². The van der Waals surface area contributed by atoms with Crippen LogP contribution in [-0.2, 0) is 0 Å². The molecular formula is C48H30. The molecule has 0 amide bonds. The largest absolute Gasteiger partial charge is 0.0616 e. The van der Waals surface area contributed by atoms with Crippen molar-refractivity contribution in [3.8, 4) is 33.4 Å². The Hall–Kier alpha value is -6.24. The smallest absolute Gasteiger partial charge is 0.00199 e. The van der Waals surface area contributed by atoms with Crippen LogP contribution in [0.15, 0.2) is 182 Å². The molecule has 0 aromatic heterocycles. The van der Waals surface area contributed by atoms with E-state index >= 15 is 0 Å². The predicted octanol–water partition coefficient (Wildman–Crippen LogP) is 13.6. The second-order valence-electron chi connectivity index (χ2n) is 12.8. The van der Waals surface area contributed by atoms with Gasteiger partial charge in [0.2, 0.25) is 0 Å². The zero-order valence-electron chi connectivity index (χ0n) is 26.3. The van der Waals surface area contributed by atoms with Crippen LogP contribution in [-0.4, -0.2) is 0 Å². The lowest BCUT2D eigenvalue weighted by molar-refractivity contribution is 1.63. The Morgan fingerprint density at radius 3 is 1.42 bits per heavy atom. The Morgan fingerprint density at radius 2 is 0.708 bits per heavy atom. The van der Waals surface area contributed by atoms with Gasteiger partial charge in [-0.05, 0) is 122 Å². The van der Waals surface area contributed by atoms with E-state index in [1.165, 1.54) is 98.0 Å². The zero-order valence-corrected chi connectivity index (χ0v) is 26.3. The highest BCUT2D eigenvalue weighted by molar-refractivity contribution is 6.26. The molecular weight excluding hydrogens is 577 g/mol. The molecule has 48 heavy (non-hydrogen) atoms. The first-order valence-corrected chi connectivity index (χ1v) is 16.7. The van der Waals surface area contributed by atoms with Gasteiger partial charge in [-0.2, -0.15) is 0 Å². The molecule has 0 atom stereocenters. The lowest BCUT2D eigenvalue weighted by atomic mass is 9.83. The highest BCUT2D eigenvalue weighted by Gasteiger charge is 2.19. The van der Waals surface area contributed by atoms with E-state index in [4.69, 9.17) is 0 Å². The van der Waals surface area contributed by atoms with Crippen molar-refractivity contribution in [2.45, 2.75) is 0 Å². The molecule has 0 N–H and O–H groups in total. The average Bonchev–Trinajstić information content (AvgIpc) is 3.16. The zero-order chi connectivity index (χ0) is 31.6. The first kappa shape index (κ1) is 26.9. The molecule has 10 aromatic carbocycles. The van der Waals surface area contributed by atoms with Gasteiger partial charge >= 0.3 is 0 Å². The van der Waals surface area contributed by atoms with Gasteiger partial charge in [0.15, 0.2) is 0 Å². The molecule has 0 aliphatic carbocycles.